The molecule has 0 aliphatic heterocycles. The molecule has 1 fully saturated rings. The zero-order valence-corrected chi connectivity index (χ0v) is 8.57. The summed E-state index contributed by atoms with van der Waals surface area (Å²) in [6, 6.07) is 0. The second-order valence-electron chi connectivity index (χ2n) is 4.41. The molecule has 0 atom stereocenters. The van der Waals surface area contributed by atoms with E-state index >= 15 is 0 Å². The third kappa shape index (κ3) is 1.54. The Balaban J connectivity index is 2.19. The molecule has 14 heavy (non-hydrogen) atoms. The van der Waals surface area contributed by atoms with Crippen LogP contribution in [0.15, 0.2) is 10.9 Å². The van der Waals surface area contributed by atoms with Crippen LogP contribution in [0.3, 0.4) is 0 Å². The van der Waals surface area contributed by atoms with Crippen LogP contribution in [0.1, 0.15) is 38.5 Å². The van der Waals surface area contributed by atoms with Gasteiger partial charge in [0, 0.05) is 6.54 Å². The van der Waals surface area contributed by atoms with Gasteiger partial charge in [0.05, 0.1) is 5.41 Å². The van der Waals surface area contributed by atoms with Crippen molar-refractivity contribution in [1.29, 1.82) is 0 Å². The molecular weight excluding hydrogens is 178 g/mol. The molecule has 1 aromatic heterocycles. The van der Waals surface area contributed by atoms with Crippen LogP contribution in [0.5, 0.6) is 0 Å². The van der Waals surface area contributed by atoms with Crippen molar-refractivity contribution in [2.75, 3.05) is 6.54 Å². The molecule has 1 saturated carbocycles. The molecule has 0 aromatic carbocycles. The Bertz CT molecular complexity index is 276. The Morgan fingerprint density at radius 2 is 2.29 bits per heavy atom. The van der Waals surface area contributed by atoms with Crippen molar-refractivity contribution in [2.24, 2.45) is 11.7 Å². The van der Waals surface area contributed by atoms with Crippen LogP contribution in [0, 0.1) is 5.92 Å². The number of hydrogen-bond donors (Lipinski definition) is 1. The average molecular weight is 195 g/mol. The zero-order chi connectivity index (χ0) is 10.0. The Kier molecular flexibility index (Phi) is 2.54. The van der Waals surface area contributed by atoms with Gasteiger partial charge < -0.3 is 10.3 Å². The predicted octanol–water partition coefficient (Wildman–Crippen LogP) is 1.48. The molecule has 0 saturated heterocycles. The number of hydrogen-bond acceptors (Lipinski definition) is 4. The standard InChI is InChI=1S/C10H17N3O/c1-8-2-4-10(6-11,5-3-8)9-12-7-13-14-9/h7-8H,2-6,11H2,1H3. The first kappa shape index (κ1) is 9.65. The summed E-state index contributed by atoms with van der Waals surface area (Å²) >= 11 is 0. The first-order chi connectivity index (χ1) is 6.77. The van der Waals surface area contributed by atoms with E-state index in [4.69, 9.17) is 10.3 Å². The van der Waals surface area contributed by atoms with E-state index in [2.05, 4.69) is 17.1 Å². The van der Waals surface area contributed by atoms with Gasteiger partial charge >= 0.3 is 0 Å². The first-order valence-electron chi connectivity index (χ1n) is 5.24. The summed E-state index contributed by atoms with van der Waals surface area (Å²) in [5.41, 5.74) is 5.81. The van der Waals surface area contributed by atoms with Gasteiger partial charge in [0.15, 0.2) is 6.33 Å². The van der Waals surface area contributed by atoms with Gasteiger partial charge in [-0.2, -0.15) is 4.98 Å². The molecule has 4 heteroatoms. The molecule has 0 amide bonds. The summed E-state index contributed by atoms with van der Waals surface area (Å²) in [4.78, 5) is 4.15. The van der Waals surface area contributed by atoms with E-state index in [1.165, 1.54) is 19.2 Å². The molecule has 1 aromatic rings. The summed E-state index contributed by atoms with van der Waals surface area (Å²) < 4.78 is 5.16. The van der Waals surface area contributed by atoms with E-state index in [0.717, 1.165) is 24.7 Å². The summed E-state index contributed by atoms with van der Waals surface area (Å²) in [5, 5.41) is 3.67. The molecule has 2 N–H and O–H groups in total. The lowest BCUT2D eigenvalue weighted by atomic mass is 9.71. The highest BCUT2D eigenvalue weighted by molar-refractivity contribution is 5.06. The molecule has 78 valence electrons. The maximum atomic E-state index is 5.85. The fourth-order valence-electron chi connectivity index (χ4n) is 2.23. The molecule has 1 heterocycles. The van der Waals surface area contributed by atoms with Crippen molar-refractivity contribution in [1.82, 2.24) is 10.1 Å². The third-order valence-corrected chi connectivity index (χ3v) is 3.44. The van der Waals surface area contributed by atoms with Crippen LogP contribution in [0.25, 0.3) is 0 Å². The van der Waals surface area contributed by atoms with E-state index in [9.17, 15) is 0 Å². The van der Waals surface area contributed by atoms with Crippen molar-refractivity contribution in [3.63, 3.8) is 0 Å². The molecular formula is C10H17N3O. The Labute approximate surface area is 83.9 Å². The van der Waals surface area contributed by atoms with Crippen LogP contribution in [-0.4, -0.2) is 16.7 Å². The highest BCUT2D eigenvalue weighted by Crippen LogP contribution is 2.39. The molecule has 1 aliphatic carbocycles. The van der Waals surface area contributed by atoms with Crippen molar-refractivity contribution < 1.29 is 4.52 Å². The highest BCUT2D eigenvalue weighted by atomic mass is 16.5. The molecule has 0 spiro atoms. The molecule has 1 aliphatic rings. The van der Waals surface area contributed by atoms with E-state index in [0.29, 0.717) is 6.54 Å². The van der Waals surface area contributed by atoms with Crippen LogP contribution in [0.2, 0.25) is 0 Å². The zero-order valence-electron chi connectivity index (χ0n) is 8.57. The maximum absolute atomic E-state index is 5.85. The van der Waals surface area contributed by atoms with Crippen LogP contribution < -0.4 is 5.73 Å². The van der Waals surface area contributed by atoms with E-state index < -0.39 is 0 Å². The smallest absolute Gasteiger partial charge is 0.233 e. The molecule has 0 unspecified atom stereocenters. The second kappa shape index (κ2) is 3.69. The van der Waals surface area contributed by atoms with Gasteiger partial charge in [-0.3, -0.25) is 0 Å². The van der Waals surface area contributed by atoms with Gasteiger partial charge in [0.1, 0.15) is 0 Å². The van der Waals surface area contributed by atoms with E-state index in [1.54, 1.807) is 0 Å². The van der Waals surface area contributed by atoms with Gasteiger partial charge in [-0.1, -0.05) is 12.1 Å². The summed E-state index contributed by atoms with van der Waals surface area (Å²) in [5.74, 6) is 1.53. The number of aromatic nitrogens is 2. The fourth-order valence-corrected chi connectivity index (χ4v) is 2.23. The van der Waals surface area contributed by atoms with Crippen molar-refractivity contribution >= 4 is 0 Å². The highest BCUT2D eigenvalue weighted by Gasteiger charge is 2.38. The maximum Gasteiger partial charge on any atom is 0.233 e. The Hall–Kier alpha value is -0.900. The minimum atomic E-state index is -0.0387. The minimum absolute atomic E-state index is 0.0387. The fraction of sp³-hybridized carbons (Fsp3) is 0.800. The largest absolute Gasteiger partial charge is 0.339 e. The average Bonchev–Trinajstić information content (AvgIpc) is 2.73. The third-order valence-electron chi connectivity index (χ3n) is 3.44. The first-order valence-corrected chi connectivity index (χ1v) is 5.24. The number of rotatable bonds is 2. The number of nitrogens with zero attached hydrogens (tertiary/aromatic N) is 2. The van der Waals surface area contributed by atoms with Crippen molar-refractivity contribution in [2.45, 2.75) is 38.0 Å². The summed E-state index contributed by atoms with van der Waals surface area (Å²) in [7, 11) is 0. The normalized spacial score (nSPS) is 33.1. The van der Waals surface area contributed by atoms with Crippen molar-refractivity contribution in [3.05, 3.63) is 12.2 Å². The lowest BCUT2D eigenvalue weighted by Gasteiger charge is -2.35. The van der Waals surface area contributed by atoms with Gasteiger partial charge in [0.2, 0.25) is 5.89 Å². The molecule has 0 radical (unpaired) electrons. The SMILES string of the molecule is CC1CCC(CN)(c2ncno2)CC1. The summed E-state index contributed by atoms with van der Waals surface area (Å²) in [6.45, 7) is 2.90. The monoisotopic (exact) mass is 195 g/mol. The topological polar surface area (TPSA) is 64.9 Å². The second-order valence-corrected chi connectivity index (χ2v) is 4.41. The molecule has 2 rings (SSSR count). The van der Waals surface area contributed by atoms with Crippen LogP contribution in [0.4, 0.5) is 0 Å². The van der Waals surface area contributed by atoms with Crippen molar-refractivity contribution in [3.8, 4) is 0 Å². The minimum Gasteiger partial charge on any atom is -0.339 e. The Morgan fingerprint density at radius 1 is 1.57 bits per heavy atom. The van der Waals surface area contributed by atoms with Gasteiger partial charge in [-0.05, 0) is 31.6 Å². The lowest BCUT2D eigenvalue weighted by molar-refractivity contribution is 0.191. The Morgan fingerprint density at radius 3 is 2.79 bits per heavy atom. The van der Waals surface area contributed by atoms with E-state index in [-0.39, 0.29) is 5.41 Å². The summed E-state index contributed by atoms with van der Waals surface area (Å²) in [6.07, 6.45) is 6.03. The van der Waals surface area contributed by atoms with Gasteiger partial charge in [0.25, 0.3) is 0 Å². The van der Waals surface area contributed by atoms with Gasteiger partial charge in [-0.25, -0.2) is 0 Å². The van der Waals surface area contributed by atoms with Crippen LogP contribution >= 0.6 is 0 Å². The van der Waals surface area contributed by atoms with Gasteiger partial charge in [-0.15, -0.1) is 0 Å². The number of nitrogens with two attached hydrogens (primary N) is 1. The van der Waals surface area contributed by atoms with E-state index in [1.807, 2.05) is 0 Å². The quantitative estimate of drug-likeness (QED) is 0.776. The molecule has 0 bridgehead atoms. The predicted molar refractivity (Wildman–Crippen MR) is 52.7 cm³/mol. The lowest BCUT2D eigenvalue weighted by Crippen LogP contribution is -2.38. The van der Waals surface area contributed by atoms with Crippen LogP contribution in [-0.2, 0) is 5.41 Å². The molecule has 4 nitrogen and oxygen atoms in total.